The van der Waals surface area contributed by atoms with Crippen LogP contribution in [0.25, 0.3) is 0 Å². The molecule has 4 heteroatoms. The molecule has 0 bridgehead atoms. The van der Waals surface area contributed by atoms with E-state index in [0.29, 0.717) is 13.0 Å². The average Bonchev–Trinajstić information content (AvgIpc) is 2.05. The summed E-state index contributed by atoms with van der Waals surface area (Å²) >= 11 is 0. The summed E-state index contributed by atoms with van der Waals surface area (Å²) < 4.78 is 4.77. The van der Waals surface area contributed by atoms with Crippen molar-refractivity contribution in [1.82, 2.24) is 4.98 Å². The highest BCUT2D eigenvalue weighted by Gasteiger charge is 1.94. The summed E-state index contributed by atoms with van der Waals surface area (Å²) in [7, 11) is 0. The normalized spacial score (nSPS) is 8.69. The predicted molar refractivity (Wildman–Crippen MR) is 51.8 cm³/mol. The van der Waals surface area contributed by atoms with Gasteiger partial charge in [0, 0.05) is 25.2 Å². The molecular weight excluding hydrogens is 190 g/mol. The van der Waals surface area contributed by atoms with Crippen LogP contribution in [0.2, 0.25) is 0 Å². The van der Waals surface area contributed by atoms with E-state index in [9.17, 15) is 4.79 Å². The van der Waals surface area contributed by atoms with Crippen molar-refractivity contribution < 1.29 is 9.53 Å². The molecule has 1 aromatic heterocycles. The molecule has 1 rings (SSSR count). The molecule has 72 valence electrons. The molecule has 0 unspecified atom stereocenters. The number of pyridine rings is 1. The van der Waals surface area contributed by atoms with Gasteiger partial charge < -0.3 is 4.74 Å². The lowest BCUT2D eigenvalue weighted by molar-refractivity contribution is -0.140. The van der Waals surface area contributed by atoms with Gasteiger partial charge in [-0.2, -0.15) is 0 Å². The first-order chi connectivity index (χ1) is 5.79. The lowest BCUT2D eigenvalue weighted by Crippen LogP contribution is -2.03. The van der Waals surface area contributed by atoms with Crippen LogP contribution in [-0.4, -0.2) is 17.6 Å². The smallest absolute Gasteiger partial charge is 0.302 e. The number of aromatic nitrogens is 1. The molecular formula is C9H12ClNO2. The van der Waals surface area contributed by atoms with Crippen molar-refractivity contribution in [2.75, 3.05) is 6.61 Å². The number of carbonyl (C=O) groups is 1. The molecule has 3 nitrogen and oxygen atoms in total. The molecule has 1 heterocycles. The van der Waals surface area contributed by atoms with Gasteiger partial charge in [0.15, 0.2) is 0 Å². The van der Waals surface area contributed by atoms with Gasteiger partial charge in [-0.05, 0) is 12.1 Å². The predicted octanol–water partition coefficient (Wildman–Crippen LogP) is 1.61. The molecule has 0 N–H and O–H groups in total. The third kappa shape index (κ3) is 5.20. The molecule has 0 fully saturated rings. The van der Waals surface area contributed by atoms with Gasteiger partial charge >= 0.3 is 5.97 Å². The summed E-state index contributed by atoms with van der Waals surface area (Å²) in [6.45, 7) is 1.81. The van der Waals surface area contributed by atoms with E-state index in [0.717, 1.165) is 5.69 Å². The molecule has 0 spiro atoms. The number of ether oxygens (including phenoxy) is 1. The molecule has 0 radical (unpaired) electrons. The van der Waals surface area contributed by atoms with E-state index in [4.69, 9.17) is 4.74 Å². The van der Waals surface area contributed by atoms with Crippen molar-refractivity contribution in [3.8, 4) is 0 Å². The highest BCUT2D eigenvalue weighted by Crippen LogP contribution is 1.94. The van der Waals surface area contributed by atoms with E-state index in [1.54, 1.807) is 6.20 Å². The molecule has 0 saturated heterocycles. The van der Waals surface area contributed by atoms with Crippen molar-refractivity contribution in [2.24, 2.45) is 0 Å². The second-order valence-corrected chi connectivity index (χ2v) is 2.41. The summed E-state index contributed by atoms with van der Waals surface area (Å²) in [5.41, 5.74) is 0.943. The van der Waals surface area contributed by atoms with Crippen LogP contribution < -0.4 is 0 Å². The van der Waals surface area contributed by atoms with E-state index in [2.05, 4.69) is 4.98 Å². The third-order valence-corrected chi connectivity index (χ3v) is 1.39. The van der Waals surface area contributed by atoms with Gasteiger partial charge in [-0.3, -0.25) is 9.78 Å². The van der Waals surface area contributed by atoms with Crippen LogP contribution in [-0.2, 0) is 16.0 Å². The summed E-state index contributed by atoms with van der Waals surface area (Å²) in [5, 5.41) is 0. The van der Waals surface area contributed by atoms with Gasteiger partial charge in [-0.1, -0.05) is 6.07 Å². The number of nitrogens with zero attached hydrogens (tertiary/aromatic N) is 1. The molecule has 0 atom stereocenters. The number of hydrogen-bond acceptors (Lipinski definition) is 3. The fourth-order valence-electron chi connectivity index (χ4n) is 0.845. The SMILES string of the molecule is CC(=O)OCCc1ccccn1.Cl. The van der Waals surface area contributed by atoms with Crippen molar-refractivity contribution in [3.63, 3.8) is 0 Å². The Hall–Kier alpha value is -1.09. The van der Waals surface area contributed by atoms with Crippen LogP contribution in [0.1, 0.15) is 12.6 Å². The first-order valence-electron chi connectivity index (χ1n) is 3.82. The Morgan fingerprint density at radius 2 is 2.31 bits per heavy atom. The second kappa shape index (κ2) is 6.43. The minimum absolute atomic E-state index is 0. The highest BCUT2D eigenvalue weighted by molar-refractivity contribution is 5.85. The molecule has 0 aromatic carbocycles. The number of esters is 1. The quantitative estimate of drug-likeness (QED) is 0.698. The van der Waals surface area contributed by atoms with E-state index < -0.39 is 0 Å². The Kier molecular flexibility index (Phi) is 5.89. The molecule has 0 aliphatic heterocycles. The third-order valence-electron chi connectivity index (χ3n) is 1.39. The van der Waals surface area contributed by atoms with Crippen LogP contribution >= 0.6 is 12.4 Å². The van der Waals surface area contributed by atoms with Crippen molar-refractivity contribution in [1.29, 1.82) is 0 Å². The highest BCUT2D eigenvalue weighted by atomic mass is 35.5. The van der Waals surface area contributed by atoms with Gasteiger partial charge in [0.25, 0.3) is 0 Å². The zero-order chi connectivity index (χ0) is 8.81. The van der Waals surface area contributed by atoms with Gasteiger partial charge in [0.2, 0.25) is 0 Å². The largest absolute Gasteiger partial charge is 0.465 e. The molecule has 0 amide bonds. The minimum atomic E-state index is -0.245. The maximum Gasteiger partial charge on any atom is 0.302 e. The zero-order valence-electron chi connectivity index (χ0n) is 7.40. The van der Waals surface area contributed by atoms with E-state index in [-0.39, 0.29) is 18.4 Å². The zero-order valence-corrected chi connectivity index (χ0v) is 8.21. The lowest BCUT2D eigenvalue weighted by Gasteiger charge is -2.00. The fourth-order valence-corrected chi connectivity index (χ4v) is 0.845. The number of hydrogen-bond donors (Lipinski definition) is 0. The van der Waals surface area contributed by atoms with E-state index in [1.165, 1.54) is 6.92 Å². The molecule has 1 aromatic rings. The van der Waals surface area contributed by atoms with Gasteiger partial charge in [0.1, 0.15) is 0 Å². The van der Waals surface area contributed by atoms with Gasteiger partial charge in [0.05, 0.1) is 6.61 Å². The standard InChI is InChI=1S/C9H11NO2.ClH/c1-8(11)12-7-5-9-4-2-3-6-10-9;/h2-4,6H,5,7H2,1H3;1H. The van der Waals surface area contributed by atoms with Crippen molar-refractivity contribution >= 4 is 18.4 Å². The Morgan fingerprint density at radius 1 is 1.54 bits per heavy atom. The minimum Gasteiger partial charge on any atom is -0.465 e. The van der Waals surface area contributed by atoms with E-state index in [1.807, 2.05) is 18.2 Å². The Bertz CT molecular complexity index is 251. The molecule has 0 aliphatic rings. The monoisotopic (exact) mass is 201 g/mol. The first-order valence-corrected chi connectivity index (χ1v) is 3.82. The van der Waals surface area contributed by atoms with Crippen LogP contribution in [0, 0.1) is 0 Å². The second-order valence-electron chi connectivity index (χ2n) is 2.41. The maximum absolute atomic E-state index is 10.4. The van der Waals surface area contributed by atoms with Crippen molar-refractivity contribution in [3.05, 3.63) is 30.1 Å². The van der Waals surface area contributed by atoms with Gasteiger partial charge in [-0.25, -0.2) is 0 Å². The van der Waals surface area contributed by atoms with Crippen molar-refractivity contribution in [2.45, 2.75) is 13.3 Å². The summed E-state index contributed by atoms with van der Waals surface area (Å²) in [4.78, 5) is 14.5. The average molecular weight is 202 g/mol. The topological polar surface area (TPSA) is 39.2 Å². The Balaban J connectivity index is 0.00000144. The van der Waals surface area contributed by atoms with Crippen LogP contribution in [0.3, 0.4) is 0 Å². The number of carbonyl (C=O) groups excluding carboxylic acids is 1. The van der Waals surface area contributed by atoms with E-state index >= 15 is 0 Å². The molecule has 0 saturated carbocycles. The van der Waals surface area contributed by atoms with Gasteiger partial charge in [-0.15, -0.1) is 12.4 Å². The van der Waals surface area contributed by atoms with Crippen LogP contribution in [0.15, 0.2) is 24.4 Å². The summed E-state index contributed by atoms with van der Waals surface area (Å²) in [5.74, 6) is -0.245. The molecule has 13 heavy (non-hydrogen) atoms. The summed E-state index contributed by atoms with van der Waals surface area (Å²) in [6.07, 6.45) is 2.41. The summed E-state index contributed by atoms with van der Waals surface area (Å²) in [6, 6.07) is 5.68. The Morgan fingerprint density at radius 3 is 2.85 bits per heavy atom. The van der Waals surface area contributed by atoms with Crippen LogP contribution in [0.4, 0.5) is 0 Å². The Labute approximate surface area is 83.5 Å². The number of rotatable bonds is 3. The number of halogens is 1. The maximum atomic E-state index is 10.4. The molecule has 0 aliphatic carbocycles. The lowest BCUT2D eigenvalue weighted by atomic mass is 10.3. The van der Waals surface area contributed by atoms with Crippen LogP contribution in [0.5, 0.6) is 0 Å². The fraction of sp³-hybridized carbons (Fsp3) is 0.333. The first kappa shape index (κ1) is 11.9.